The molecule has 0 N–H and O–H groups in total. The van der Waals surface area contributed by atoms with Gasteiger partial charge in [-0.05, 0) is 18.9 Å². The van der Waals surface area contributed by atoms with Crippen LogP contribution in [0.5, 0.6) is 0 Å². The van der Waals surface area contributed by atoms with Crippen LogP contribution < -0.4 is 0 Å². The Morgan fingerprint density at radius 2 is 2.00 bits per heavy atom. The second-order valence-corrected chi connectivity index (χ2v) is 10.3. The average Bonchev–Trinajstić information content (AvgIpc) is 3.32. The van der Waals surface area contributed by atoms with Gasteiger partial charge in [0, 0.05) is 45.9 Å². The van der Waals surface area contributed by atoms with Crippen LogP contribution in [0.2, 0.25) is 0 Å². The van der Waals surface area contributed by atoms with Gasteiger partial charge in [-0.2, -0.15) is 4.31 Å². The van der Waals surface area contributed by atoms with E-state index in [4.69, 9.17) is 13.9 Å². The van der Waals surface area contributed by atoms with Crippen molar-refractivity contribution in [2.75, 3.05) is 65.4 Å². The molecule has 3 aliphatic rings. The Morgan fingerprint density at radius 3 is 2.68 bits per heavy atom. The first-order valence-corrected chi connectivity index (χ1v) is 12.2. The minimum Gasteiger partial charge on any atom is -0.472 e. The molecule has 172 valence electrons. The van der Waals surface area contributed by atoms with Crippen LogP contribution in [-0.4, -0.2) is 106 Å². The van der Waals surface area contributed by atoms with E-state index >= 15 is 0 Å². The molecule has 3 fully saturated rings. The number of hydrogen-bond donors (Lipinski definition) is 0. The third-order valence-corrected chi connectivity index (χ3v) is 8.46. The van der Waals surface area contributed by atoms with E-state index < -0.39 is 21.5 Å². The predicted molar refractivity (Wildman–Crippen MR) is 110 cm³/mol. The first-order valence-electron chi connectivity index (χ1n) is 10.6. The van der Waals surface area contributed by atoms with Crippen molar-refractivity contribution >= 4 is 21.8 Å². The van der Waals surface area contributed by atoms with Crippen molar-refractivity contribution in [3.63, 3.8) is 0 Å². The summed E-state index contributed by atoms with van der Waals surface area (Å²) in [6, 6.07) is 1.09. The van der Waals surface area contributed by atoms with E-state index in [1.165, 1.54) is 23.9 Å². The van der Waals surface area contributed by atoms with Crippen molar-refractivity contribution in [2.45, 2.75) is 18.9 Å². The molecule has 3 aliphatic heterocycles. The molecule has 4 rings (SSSR count). The van der Waals surface area contributed by atoms with Gasteiger partial charge in [-0.25, -0.2) is 8.42 Å². The topological polar surface area (TPSA) is 110 Å². The number of piperidine rings is 1. The second kappa shape index (κ2) is 8.89. The van der Waals surface area contributed by atoms with Gasteiger partial charge in [-0.15, -0.1) is 0 Å². The molecule has 0 spiro atoms. The van der Waals surface area contributed by atoms with E-state index in [1.54, 1.807) is 15.9 Å². The maximum Gasteiger partial charge on any atom is 0.257 e. The number of methoxy groups -OCH3 is 1. The van der Waals surface area contributed by atoms with Gasteiger partial charge in [-0.1, -0.05) is 0 Å². The summed E-state index contributed by atoms with van der Waals surface area (Å²) in [6.45, 7) is 2.82. The number of morpholine rings is 1. The number of hydrogen-bond acceptors (Lipinski definition) is 7. The molecular weight excluding hydrogens is 426 g/mol. The molecule has 0 aromatic carbocycles. The molecule has 11 heteroatoms. The van der Waals surface area contributed by atoms with E-state index in [1.807, 2.05) is 0 Å². The molecule has 31 heavy (non-hydrogen) atoms. The summed E-state index contributed by atoms with van der Waals surface area (Å²) in [5, 5.41) is 0. The number of sulfonamides is 1. The van der Waals surface area contributed by atoms with Gasteiger partial charge >= 0.3 is 0 Å². The van der Waals surface area contributed by atoms with Crippen LogP contribution in [0.4, 0.5) is 0 Å². The highest BCUT2D eigenvalue weighted by atomic mass is 32.2. The summed E-state index contributed by atoms with van der Waals surface area (Å²) in [6.07, 6.45) is 3.41. The molecule has 0 radical (unpaired) electrons. The number of amides is 2. The highest BCUT2D eigenvalue weighted by Crippen LogP contribution is 2.44. The minimum atomic E-state index is -3.51. The van der Waals surface area contributed by atoms with Gasteiger partial charge in [-0.3, -0.25) is 9.59 Å². The van der Waals surface area contributed by atoms with Gasteiger partial charge in [0.05, 0.1) is 42.8 Å². The highest BCUT2D eigenvalue weighted by Gasteiger charge is 2.58. The maximum absolute atomic E-state index is 13.9. The van der Waals surface area contributed by atoms with Crippen molar-refractivity contribution in [3.05, 3.63) is 24.2 Å². The maximum atomic E-state index is 13.9. The lowest BCUT2D eigenvalue weighted by Crippen LogP contribution is -2.69. The number of likely N-dealkylation sites (tertiary alicyclic amines) is 1. The number of carbonyl (C=O) groups excluding carboxylic acids is 2. The molecule has 0 bridgehead atoms. The van der Waals surface area contributed by atoms with Gasteiger partial charge < -0.3 is 23.7 Å². The van der Waals surface area contributed by atoms with Gasteiger partial charge in [0.1, 0.15) is 6.26 Å². The fourth-order valence-corrected chi connectivity index (χ4v) is 6.89. The normalized spacial score (nSPS) is 28.9. The second-order valence-electron chi connectivity index (χ2n) is 8.27. The molecule has 0 unspecified atom stereocenters. The molecule has 2 amide bonds. The van der Waals surface area contributed by atoms with Crippen LogP contribution in [0.3, 0.4) is 0 Å². The molecule has 10 nitrogen and oxygen atoms in total. The largest absolute Gasteiger partial charge is 0.472 e. The van der Waals surface area contributed by atoms with Crippen LogP contribution >= 0.6 is 0 Å². The predicted octanol–water partition coefficient (Wildman–Crippen LogP) is 0.0212. The first-order chi connectivity index (χ1) is 14.9. The molecule has 2 atom stereocenters. The smallest absolute Gasteiger partial charge is 0.257 e. The van der Waals surface area contributed by atoms with Gasteiger partial charge in [0.15, 0.2) is 0 Å². The number of fused-ring (bicyclic) bond motifs is 1. The molecule has 0 aliphatic carbocycles. The monoisotopic (exact) mass is 455 g/mol. The van der Waals surface area contributed by atoms with Crippen LogP contribution in [-0.2, 0) is 24.3 Å². The number of rotatable bonds is 5. The van der Waals surface area contributed by atoms with Crippen molar-refractivity contribution in [1.29, 1.82) is 0 Å². The van der Waals surface area contributed by atoms with Gasteiger partial charge in [0.25, 0.3) is 5.91 Å². The lowest BCUT2D eigenvalue weighted by atomic mass is 9.71. The zero-order valence-electron chi connectivity index (χ0n) is 17.7. The fraction of sp³-hybridized carbons (Fsp3) is 0.700. The standard InChI is InChI=1S/C20H29N3O7S/c1-28-10-8-23-17-2-5-22(18(24)16-3-9-30-14-16)15-20(17,4-13-31(23,26)27)19(25)21-6-11-29-12-7-21/h3,9,14,17H,2,4-8,10-13,15H2,1H3/t17-,20+/m1/s1. The van der Waals surface area contributed by atoms with E-state index in [-0.39, 0.29) is 43.7 Å². The molecular formula is C20H29N3O7S. The lowest BCUT2D eigenvalue weighted by molar-refractivity contribution is -0.154. The Hall–Kier alpha value is -1.95. The molecule has 1 aromatic rings. The lowest BCUT2D eigenvalue weighted by Gasteiger charge is -2.54. The van der Waals surface area contributed by atoms with E-state index in [9.17, 15) is 18.0 Å². The number of nitrogens with zero attached hydrogens (tertiary/aromatic N) is 3. The molecule has 3 saturated heterocycles. The zero-order valence-corrected chi connectivity index (χ0v) is 18.5. The summed E-state index contributed by atoms with van der Waals surface area (Å²) in [4.78, 5) is 30.3. The van der Waals surface area contributed by atoms with E-state index in [2.05, 4.69) is 0 Å². The van der Waals surface area contributed by atoms with Crippen molar-refractivity contribution in [2.24, 2.45) is 5.41 Å². The highest BCUT2D eigenvalue weighted by molar-refractivity contribution is 7.89. The summed E-state index contributed by atoms with van der Waals surface area (Å²) >= 11 is 0. The molecule has 0 saturated carbocycles. The minimum absolute atomic E-state index is 0.0946. The summed E-state index contributed by atoms with van der Waals surface area (Å²) in [7, 11) is -1.99. The van der Waals surface area contributed by atoms with Crippen molar-refractivity contribution in [1.82, 2.24) is 14.1 Å². The summed E-state index contributed by atoms with van der Waals surface area (Å²) in [5.74, 6) is -0.433. The molecule has 1 aromatic heterocycles. The molecule has 4 heterocycles. The van der Waals surface area contributed by atoms with E-state index in [0.717, 1.165) is 0 Å². The van der Waals surface area contributed by atoms with Crippen LogP contribution in [0, 0.1) is 5.41 Å². The van der Waals surface area contributed by atoms with Crippen LogP contribution in [0.25, 0.3) is 0 Å². The Balaban J connectivity index is 1.68. The van der Waals surface area contributed by atoms with Crippen molar-refractivity contribution in [3.8, 4) is 0 Å². The Labute approximate surface area is 182 Å². The third kappa shape index (κ3) is 4.11. The van der Waals surface area contributed by atoms with E-state index in [0.29, 0.717) is 44.8 Å². The SMILES string of the molecule is COCCN1[C@@H]2CCN(C(=O)c3ccoc3)C[C@@]2(C(=O)N2CCOCC2)CCS1(=O)=O. The Morgan fingerprint density at radius 1 is 1.23 bits per heavy atom. The average molecular weight is 456 g/mol. The fourth-order valence-electron chi connectivity index (χ4n) is 4.98. The number of furan rings is 1. The third-order valence-electron chi connectivity index (χ3n) is 6.59. The number of ether oxygens (including phenoxy) is 2. The Bertz CT molecular complexity index is 898. The van der Waals surface area contributed by atoms with Gasteiger partial charge in [0.2, 0.25) is 15.9 Å². The van der Waals surface area contributed by atoms with Crippen molar-refractivity contribution < 1.29 is 31.9 Å². The summed E-state index contributed by atoms with van der Waals surface area (Å²) in [5.41, 5.74) is -0.569. The Kier molecular flexibility index (Phi) is 6.38. The summed E-state index contributed by atoms with van der Waals surface area (Å²) < 4.78 is 42.9. The number of carbonyl (C=O) groups is 2. The quantitative estimate of drug-likeness (QED) is 0.616. The zero-order chi connectivity index (χ0) is 22.1. The van der Waals surface area contributed by atoms with Crippen LogP contribution in [0.15, 0.2) is 23.0 Å². The van der Waals surface area contributed by atoms with Crippen LogP contribution in [0.1, 0.15) is 23.2 Å². The first kappa shape index (κ1) is 22.3.